The van der Waals surface area contributed by atoms with Gasteiger partial charge in [-0.15, -0.1) is 0 Å². The molecule has 1 aromatic heterocycles. The van der Waals surface area contributed by atoms with Gasteiger partial charge in [0, 0.05) is 13.1 Å². The quantitative estimate of drug-likeness (QED) is 0.448. The van der Waals surface area contributed by atoms with E-state index in [4.69, 9.17) is 5.84 Å². The molecule has 1 saturated heterocycles. The summed E-state index contributed by atoms with van der Waals surface area (Å²) in [5.41, 5.74) is 2.01. The van der Waals surface area contributed by atoms with Crippen LogP contribution in [0, 0.1) is 0 Å². The van der Waals surface area contributed by atoms with E-state index < -0.39 is 5.54 Å². The van der Waals surface area contributed by atoms with Crippen molar-refractivity contribution in [2.75, 3.05) is 35.3 Å². The number of hydrogen-bond acceptors (Lipinski definition) is 8. The molecule has 8 heteroatoms. The summed E-state index contributed by atoms with van der Waals surface area (Å²) in [7, 11) is 0. The van der Waals surface area contributed by atoms with E-state index in [1.165, 1.54) is 6.42 Å². The van der Waals surface area contributed by atoms with Crippen molar-refractivity contribution in [3.8, 4) is 0 Å². The van der Waals surface area contributed by atoms with E-state index in [0.717, 1.165) is 32.4 Å². The number of rotatable bonds is 6. The summed E-state index contributed by atoms with van der Waals surface area (Å²) in [4.78, 5) is 15.2. The van der Waals surface area contributed by atoms with E-state index in [1.807, 2.05) is 13.8 Å². The number of aliphatic hydroxyl groups is 1. The average molecular weight is 295 g/mol. The lowest BCUT2D eigenvalue weighted by Gasteiger charge is -2.29. The van der Waals surface area contributed by atoms with E-state index in [1.54, 1.807) is 0 Å². The molecule has 1 aliphatic rings. The molecule has 1 fully saturated rings. The summed E-state index contributed by atoms with van der Waals surface area (Å²) < 4.78 is 0. The van der Waals surface area contributed by atoms with Crippen molar-refractivity contribution in [1.29, 1.82) is 0 Å². The molecule has 5 N–H and O–H groups in total. The molecule has 8 nitrogen and oxygen atoms in total. The number of nitrogens with two attached hydrogens (primary N) is 1. The van der Waals surface area contributed by atoms with Crippen molar-refractivity contribution in [1.82, 2.24) is 15.0 Å². The molecule has 1 atom stereocenters. The smallest absolute Gasteiger partial charge is 0.243 e. The van der Waals surface area contributed by atoms with Gasteiger partial charge in [-0.3, -0.25) is 5.43 Å². The molecule has 0 radical (unpaired) electrons. The molecule has 0 saturated carbocycles. The highest BCUT2D eigenvalue weighted by Gasteiger charge is 2.23. The van der Waals surface area contributed by atoms with Gasteiger partial charge in [0.1, 0.15) is 0 Å². The van der Waals surface area contributed by atoms with Gasteiger partial charge in [-0.1, -0.05) is 6.92 Å². The Hall–Kier alpha value is -1.67. The van der Waals surface area contributed by atoms with Crippen LogP contribution in [-0.2, 0) is 0 Å². The van der Waals surface area contributed by atoms with Crippen LogP contribution in [0.25, 0.3) is 0 Å². The number of nitrogens with one attached hydrogen (secondary N) is 2. The molecule has 1 unspecified atom stereocenters. The predicted molar refractivity (Wildman–Crippen MR) is 83.1 cm³/mol. The lowest BCUT2D eigenvalue weighted by Crippen LogP contribution is -2.39. The third-order valence-corrected chi connectivity index (χ3v) is 3.93. The van der Waals surface area contributed by atoms with Crippen LogP contribution in [0.2, 0.25) is 0 Å². The number of nitrogen functional groups attached to an aromatic ring is 1. The Morgan fingerprint density at radius 2 is 1.86 bits per heavy atom. The number of piperidine rings is 1. The number of nitrogens with zero attached hydrogens (tertiary/aromatic N) is 4. The summed E-state index contributed by atoms with van der Waals surface area (Å²) in [6, 6.07) is 0. The molecule has 0 bridgehead atoms. The van der Waals surface area contributed by atoms with E-state index >= 15 is 0 Å². The molecule has 0 amide bonds. The van der Waals surface area contributed by atoms with Crippen molar-refractivity contribution < 1.29 is 5.11 Å². The van der Waals surface area contributed by atoms with Crippen LogP contribution in [0.1, 0.15) is 39.5 Å². The maximum absolute atomic E-state index is 9.51. The third kappa shape index (κ3) is 3.92. The van der Waals surface area contributed by atoms with Gasteiger partial charge in [0.25, 0.3) is 0 Å². The van der Waals surface area contributed by atoms with Gasteiger partial charge in [-0.05, 0) is 32.6 Å². The van der Waals surface area contributed by atoms with E-state index in [0.29, 0.717) is 17.8 Å². The first-order valence-corrected chi connectivity index (χ1v) is 7.47. The fourth-order valence-corrected chi connectivity index (χ4v) is 2.23. The molecule has 21 heavy (non-hydrogen) atoms. The van der Waals surface area contributed by atoms with E-state index in [-0.39, 0.29) is 6.61 Å². The monoisotopic (exact) mass is 295 g/mol. The van der Waals surface area contributed by atoms with Crippen LogP contribution in [0.5, 0.6) is 0 Å². The standard InChI is InChI=1S/C13H25N7O/c1-3-13(2,9-21)18-10-15-11(19-14)17-12(16-10)20-7-5-4-6-8-20/h21H,3-9,14H2,1-2H3,(H2,15,16,17,18,19). The van der Waals surface area contributed by atoms with E-state index in [2.05, 4.69) is 30.6 Å². The SMILES string of the molecule is CCC(C)(CO)Nc1nc(NN)nc(N2CCCCC2)n1. The minimum atomic E-state index is -0.466. The second-order valence-electron chi connectivity index (χ2n) is 5.67. The zero-order chi connectivity index (χ0) is 15.3. The van der Waals surface area contributed by atoms with Gasteiger partial charge in [-0.2, -0.15) is 15.0 Å². The lowest BCUT2D eigenvalue weighted by molar-refractivity contribution is 0.218. The summed E-state index contributed by atoms with van der Waals surface area (Å²) in [5, 5.41) is 12.7. The van der Waals surface area contributed by atoms with Crippen molar-refractivity contribution in [3.05, 3.63) is 0 Å². The highest BCUT2D eigenvalue weighted by Crippen LogP contribution is 2.21. The molecule has 1 aliphatic heterocycles. The molecule has 1 aromatic rings. The summed E-state index contributed by atoms with van der Waals surface area (Å²) >= 11 is 0. The van der Waals surface area contributed by atoms with Gasteiger partial charge in [0.2, 0.25) is 17.8 Å². The fraction of sp³-hybridized carbons (Fsp3) is 0.769. The first kappa shape index (κ1) is 15.7. The van der Waals surface area contributed by atoms with Gasteiger partial charge in [0.15, 0.2) is 0 Å². The van der Waals surface area contributed by atoms with Crippen LogP contribution in [-0.4, -0.2) is 45.3 Å². The molecule has 0 aromatic carbocycles. The van der Waals surface area contributed by atoms with Crippen molar-refractivity contribution in [3.63, 3.8) is 0 Å². The Labute approximate surface area is 125 Å². The minimum Gasteiger partial charge on any atom is -0.394 e. The minimum absolute atomic E-state index is 0.000380. The average Bonchev–Trinajstić information content (AvgIpc) is 2.55. The van der Waals surface area contributed by atoms with Crippen LogP contribution in [0.15, 0.2) is 0 Å². The zero-order valence-electron chi connectivity index (χ0n) is 12.8. The second-order valence-corrected chi connectivity index (χ2v) is 5.67. The molecule has 118 valence electrons. The van der Waals surface area contributed by atoms with E-state index in [9.17, 15) is 5.11 Å². The number of aromatic nitrogens is 3. The predicted octanol–water partition coefficient (Wildman–Crippen LogP) is 0.720. The topological polar surface area (TPSA) is 112 Å². The summed E-state index contributed by atoms with van der Waals surface area (Å²) in [6.45, 7) is 5.81. The Morgan fingerprint density at radius 3 is 2.43 bits per heavy atom. The lowest BCUT2D eigenvalue weighted by atomic mass is 10.0. The van der Waals surface area contributed by atoms with Crippen molar-refractivity contribution >= 4 is 17.8 Å². The van der Waals surface area contributed by atoms with Crippen LogP contribution in [0.4, 0.5) is 17.8 Å². The molecule has 0 aliphatic carbocycles. The first-order valence-electron chi connectivity index (χ1n) is 7.47. The number of hydrazine groups is 1. The molecular formula is C13H25N7O. The van der Waals surface area contributed by atoms with Crippen LogP contribution >= 0.6 is 0 Å². The first-order chi connectivity index (χ1) is 10.1. The maximum atomic E-state index is 9.51. The number of hydrogen-bond donors (Lipinski definition) is 4. The maximum Gasteiger partial charge on any atom is 0.243 e. The normalized spacial score (nSPS) is 18.2. The van der Waals surface area contributed by atoms with Crippen molar-refractivity contribution in [2.24, 2.45) is 5.84 Å². The Bertz CT molecular complexity index is 458. The molecular weight excluding hydrogens is 270 g/mol. The Morgan fingerprint density at radius 1 is 1.19 bits per heavy atom. The summed E-state index contributed by atoms with van der Waals surface area (Å²) in [6.07, 6.45) is 4.28. The second kappa shape index (κ2) is 6.86. The van der Waals surface area contributed by atoms with Gasteiger partial charge in [-0.25, -0.2) is 5.84 Å². The molecule has 2 rings (SSSR count). The van der Waals surface area contributed by atoms with Crippen LogP contribution in [0.3, 0.4) is 0 Å². The van der Waals surface area contributed by atoms with Gasteiger partial charge in [0.05, 0.1) is 12.1 Å². The molecule has 0 spiro atoms. The Kier molecular flexibility index (Phi) is 5.13. The van der Waals surface area contributed by atoms with Gasteiger partial charge >= 0.3 is 0 Å². The number of anilines is 3. The highest BCUT2D eigenvalue weighted by molar-refractivity contribution is 5.44. The fourth-order valence-electron chi connectivity index (χ4n) is 2.23. The highest BCUT2D eigenvalue weighted by atomic mass is 16.3. The molecule has 2 heterocycles. The zero-order valence-corrected chi connectivity index (χ0v) is 12.8. The van der Waals surface area contributed by atoms with Crippen molar-refractivity contribution in [2.45, 2.75) is 45.1 Å². The third-order valence-electron chi connectivity index (χ3n) is 3.93. The summed E-state index contributed by atoms with van der Waals surface area (Å²) in [5.74, 6) is 6.82. The van der Waals surface area contributed by atoms with Gasteiger partial charge < -0.3 is 15.3 Å². The number of aliphatic hydroxyl groups excluding tert-OH is 1. The largest absolute Gasteiger partial charge is 0.394 e. The van der Waals surface area contributed by atoms with Crippen LogP contribution < -0.4 is 21.5 Å². The Balaban J connectivity index is 2.24.